The number of ether oxygens (including phenoxy) is 1. The van der Waals surface area contributed by atoms with Crippen molar-refractivity contribution in [2.45, 2.75) is 26.8 Å². The summed E-state index contributed by atoms with van der Waals surface area (Å²) in [6.45, 7) is 6.27. The summed E-state index contributed by atoms with van der Waals surface area (Å²) in [5, 5.41) is 3.47. The van der Waals surface area contributed by atoms with Crippen molar-refractivity contribution in [3.8, 4) is 16.9 Å². The Kier molecular flexibility index (Phi) is 3.49. The van der Waals surface area contributed by atoms with E-state index in [1.165, 1.54) is 33.4 Å². The fourth-order valence-corrected chi connectivity index (χ4v) is 3.03. The van der Waals surface area contributed by atoms with Gasteiger partial charge in [-0.15, -0.1) is 0 Å². The quantitative estimate of drug-likeness (QED) is 0.897. The van der Waals surface area contributed by atoms with Gasteiger partial charge in [0.2, 0.25) is 0 Å². The van der Waals surface area contributed by atoms with E-state index in [1.54, 1.807) is 7.11 Å². The van der Waals surface area contributed by atoms with Crippen LogP contribution in [0.4, 0.5) is 0 Å². The molecule has 0 bridgehead atoms. The van der Waals surface area contributed by atoms with E-state index in [0.29, 0.717) is 0 Å². The average molecular weight is 267 g/mol. The SMILES string of the molecule is COc1c(-c2cccc3c2CNCC3)ccc(C)c1C. The summed E-state index contributed by atoms with van der Waals surface area (Å²) in [6, 6.07) is 11.0. The zero-order chi connectivity index (χ0) is 14.1. The molecule has 1 heterocycles. The Balaban J connectivity index is 2.22. The van der Waals surface area contributed by atoms with Gasteiger partial charge in [0.15, 0.2) is 0 Å². The van der Waals surface area contributed by atoms with Crippen LogP contribution >= 0.6 is 0 Å². The van der Waals surface area contributed by atoms with E-state index in [-0.39, 0.29) is 0 Å². The summed E-state index contributed by atoms with van der Waals surface area (Å²) in [7, 11) is 1.76. The minimum Gasteiger partial charge on any atom is -0.496 e. The van der Waals surface area contributed by atoms with E-state index in [4.69, 9.17) is 4.74 Å². The maximum absolute atomic E-state index is 5.68. The number of nitrogens with one attached hydrogen (secondary N) is 1. The highest BCUT2D eigenvalue weighted by Gasteiger charge is 2.17. The molecule has 0 aromatic heterocycles. The van der Waals surface area contributed by atoms with E-state index in [9.17, 15) is 0 Å². The molecule has 0 aliphatic carbocycles. The highest BCUT2D eigenvalue weighted by Crippen LogP contribution is 2.37. The van der Waals surface area contributed by atoms with E-state index in [0.717, 1.165) is 25.3 Å². The monoisotopic (exact) mass is 267 g/mol. The topological polar surface area (TPSA) is 21.3 Å². The second-order valence-electron chi connectivity index (χ2n) is 5.46. The molecule has 20 heavy (non-hydrogen) atoms. The number of fused-ring (bicyclic) bond motifs is 1. The van der Waals surface area contributed by atoms with E-state index >= 15 is 0 Å². The van der Waals surface area contributed by atoms with E-state index in [2.05, 4.69) is 49.5 Å². The molecule has 0 amide bonds. The van der Waals surface area contributed by atoms with Gasteiger partial charge >= 0.3 is 0 Å². The highest BCUT2D eigenvalue weighted by atomic mass is 16.5. The van der Waals surface area contributed by atoms with Crippen molar-refractivity contribution in [2.75, 3.05) is 13.7 Å². The predicted molar refractivity (Wildman–Crippen MR) is 83.3 cm³/mol. The van der Waals surface area contributed by atoms with Crippen LogP contribution in [-0.4, -0.2) is 13.7 Å². The van der Waals surface area contributed by atoms with Crippen LogP contribution in [0.25, 0.3) is 11.1 Å². The Hall–Kier alpha value is -1.80. The van der Waals surface area contributed by atoms with Gasteiger partial charge in [-0.3, -0.25) is 0 Å². The second kappa shape index (κ2) is 5.29. The zero-order valence-corrected chi connectivity index (χ0v) is 12.4. The van der Waals surface area contributed by atoms with Gasteiger partial charge in [-0.2, -0.15) is 0 Å². The molecule has 2 nitrogen and oxygen atoms in total. The van der Waals surface area contributed by atoms with Crippen LogP contribution in [0.5, 0.6) is 5.75 Å². The van der Waals surface area contributed by atoms with Crippen molar-refractivity contribution in [1.82, 2.24) is 5.32 Å². The third-order valence-corrected chi connectivity index (χ3v) is 4.32. The van der Waals surface area contributed by atoms with Gasteiger partial charge in [0.1, 0.15) is 5.75 Å². The first-order valence-electron chi connectivity index (χ1n) is 7.18. The van der Waals surface area contributed by atoms with Crippen LogP contribution in [0.3, 0.4) is 0 Å². The van der Waals surface area contributed by atoms with Crippen LogP contribution in [0.15, 0.2) is 30.3 Å². The first kappa shape index (κ1) is 13.2. The predicted octanol–water partition coefficient (Wildman–Crippen LogP) is 3.62. The smallest absolute Gasteiger partial charge is 0.129 e. The molecule has 0 spiro atoms. The number of benzene rings is 2. The number of rotatable bonds is 2. The number of methoxy groups -OCH3 is 1. The largest absolute Gasteiger partial charge is 0.496 e. The number of hydrogen-bond acceptors (Lipinski definition) is 2. The van der Waals surface area contributed by atoms with Gasteiger partial charge in [-0.05, 0) is 54.6 Å². The van der Waals surface area contributed by atoms with Crippen molar-refractivity contribution >= 4 is 0 Å². The summed E-state index contributed by atoms with van der Waals surface area (Å²) >= 11 is 0. The zero-order valence-electron chi connectivity index (χ0n) is 12.4. The second-order valence-corrected chi connectivity index (χ2v) is 5.46. The molecule has 104 valence electrons. The Morgan fingerprint density at radius 3 is 2.70 bits per heavy atom. The molecule has 0 atom stereocenters. The summed E-state index contributed by atoms with van der Waals surface area (Å²) in [5.41, 5.74) is 7.88. The highest BCUT2D eigenvalue weighted by molar-refractivity contribution is 5.76. The molecule has 0 radical (unpaired) electrons. The Morgan fingerprint density at radius 2 is 1.90 bits per heavy atom. The molecule has 2 aromatic carbocycles. The molecule has 2 heteroatoms. The average Bonchev–Trinajstić information content (AvgIpc) is 2.49. The first-order chi connectivity index (χ1) is 9.72. The van der Waals surface area contributed by atoms with Crippen LogP contribution in [0, 0.1) is 13.8 Å². The van der Waals surface area contributed by atoms with E-state index < -0.39 is 0 Å². The summed E-state index contributed by atoms with van der Waals surface area (Å²) in [5.74, 6) is 1.00. The Morgan fingerprint density at radius 1 is 1.05 bits per heavy atom. The van der Waals surface area contributed by atoms with Gasteiger partial charge in [0.25, 0.3) is 0 Å². The van der Waals surface area contributed by atoms with Crippen LogP contribution in [0.1, 0.15) is 22.3 Å². The maximum atomic E-state index is 5.68. The van der Waals surface area contributed by atoms with Gasteiger partial charge in [-0.25, -0.2) is 0 Å². The lowest BCUT2D eigenvalue weighted by Gasteiger charge is -2.22. The minimum absolute atomic E-state index is 0.946. The maximum Gasteiger partial charge on any atom is 0.129 e. The standard InChI is InChI=1S/C18H21NO/c1-12-7-8-16(18(20-3)13(12)2)15-6-4-5-14-9-10-19-11-17(14)15/h4-8,19H,9-11H2,1-3H3. The fraction of sp³-hybridized carbons (Fsp3) is 0.333. The Labute approximate surface area is 120 Å². The van der Waals surface area contributed by atoms with E-state index in [1.807, 2.05) is 0 Å². The molecule has 2 aromatic rings. The van der Waals surface area contributed by atoms with Gasteiger partial charge in [-0.1, -0.05) is 30.3 Å². The van der Waals surface area contributed by atoms with Crippen molar-refractivity contribution in [3.05, 3.63) is 52.6 Å². The van der Waals surface area contributed by atoms with Crippen LogP contribution in [-0.2, 0) is 13.0 Å². The molecular formula is C18H21NO. The summed E-state index contributed by atoms with van der Waals surface area (Å²) < 4.78 is 5.68. The molecular weight excluding hydrogens is 246 g/mol. The molecule has 0 fully saturated rings. The lowest BCUT2D eigenvalue weighted by atomic mass is 9.90. The van der Waals surface area contributed by atoms with Crippen molar-refractivity contribution in [2.24, 2.45) is 0 Å². The minimum atomic E-state index is 0.946. The van der Waals surface area contributed by atoms with Crippen molar-refractivity contribution in [1.29, 1.82) is 0 Å². The fourth-order valence-electron chi connectivity index (χ4n) is 3.03. The number of hydrogen-bond donors (Lipinski definition) is 1. The van der Waals surface area contributed by atoms with Crippen LogP contribution < -0.4 is 10.1 Å². The lowest BCUT2D eigenvalue weighted by Crippen LogP contribution is -2.24. The molecule has 0 saturated heterocycles. The molecule has 1 aliphatic rings. The van der Waals surface area contributed by atoms with Crippen molar-refractivity contribution < 1.29 is 4.74 Å². The normalized spacial score (nSPS) is 13.9. The summed E-state index contributed by atoms with van der Waals surface area (Å²) in [6.07, 6.45) is 1.11. The third kappa shape index (κ3) is 2.10. The molecule has 1 N–H and O–H groups in total. The van der Waals surface area contributed by atoms with Gasteiger partial charge in [0.05, 0.1) is 7.11 Å². The van der Waals surface area contributed by atoms with Gasteiger partial charge in [0, 0.05) is 12.1 Å². The Bertz CT molecular complexity index is 646. The molecule has 1 aliphatic heterocycles. The molecule has 0 saturated carbocycles. The van der Waals surface area contributed by atoms with Crippen molar-refractivity contribution in [3.63, 3.8) is 0 Å². The molecule has 3 rings (SSSR count). The lowest BCUT2D eigenvalue weighted by molar-refractivity contribution is 0.413. The summed E-state index contributed by atoms with van der Waals surface area (Å²) in [4.78, 5) is 0. The third-order valence-electron chi connectivity index (χ3n) is 4.32. The first-order valence-corrected chi connectivity index (χ1v) is 7.18. The molecule has 0 unspecified atom stereocenters. The van der Waals surface area contributed by atoms with Crippen LogP contribution in [0.2, 0.25) is 0 Å². The van der Waals surface area contributed by atoms with Gasteiger partial charge < -0.3 is 10.1 Å². The number of aryl methyl sites for hydroxylation is 1.